The first-order valence-electron chi connectivity index (χ1n) is 9.56. The maximum atomic E-state index is 12.1. The monoisotopic (exact) mass is 355 g/mol. The molecule has 6 heteroatoms. The van der Waals surface area contributed by atoms with Crippen molar-refractivity contribution in [2.75, 3.05) is 19.6 Å². The number of piperidine rings is 1. The van der Waals surface area contributed by atoms with Crippen molar-refractivity contribution in [1.29, 1.82) is 0 Å². The van der Waals surface area contributed by atoms with Gasteiger partial charge in [0.25, 0.3) is 0 Å². The molecule has 0 saturated carbocycles. The molecule has 0 spiro atoms. The third-order valence-corrected chi connectivity index (χ3v) is 5.13. The van der Waals surface area contributed by atoms with Gasteiger partial charge in [-0.1, -0.05) is 13.0 Å². The fourth-order valence-electron chi connectivity index (χ4n) is 3.45. The molecule has 2 N–H and O–H groups in total. The van der Waals surface area contributed by atoms with Gasteiger partial charge in [0.2, 0.25) is 5.91 Å². The van der Waals surface area contributed by atoms with E-state index in [1.165, 1.54) is 11.4 Å². The van der Waals surface area contributed by atoms with Crippen LogP contribution in [0.1, 0.15) is 42.5 Å². The summed E-state index contributed by atoms with van der Waals surface area (Å²) in [7, 11) is 0. The molecule has 0 radical (unpaired) electrons. The van der Waals surface area contributed by atoms with Crippen LogP contribution in [0.2, 0.25) is 0 Å². The van der Waals surface area contributed by atoms with E-state index in [0.29, 0.717) is 12.3 Å². The molecule has 0 unspecified atom stereocenters. The van der Waals surface area contributed by atoms with Crippen molar-refractivity contribution in [3.05, 3.63) is 47.3 Å². The number of hydrogen-bond acceptors (Lipinski definition) is 4. The fraction of sp³-hybridized carbons (Fsp3) is 0.550. The highest BCUT2D eigenvalue weighted by Gasteiger charge is 2.21. The molecule has 1 saturated heterocycles. The Morgan fingerprint density at radius 2 is 2.19 bits per heavy atom. The van der Waals surface area contributed by atoms with Crippen LogP contribution in [0.5, 0.6) is 0 Å². The Morgan fingerprint density at radius 1 is 1.38 bits per heavy atom. The second-order valence-electron chi connectivity index (χ2n) is 7.17. The summed E-state index contributed by atoms with van der Waals surface area (Å²) in [6.07, 6.45) is 7.07. The van der Waals surface area contributed by atoms with Crippen LogP contribution in [0.15, 0.2) is 24.5 Å². The number of nitrogens with zero attached hydrogens (tertiary/aromatic N) is 3. The van der Waals surface area contributed by atoms with E-state index in [9.17, 15) is 4.79 Å². The number of carbonyl (C=O) groups excluding carboxylic acids is 1. The summed E-state index contributed by atoms with van der Waals surface area (Å²) in [4.78, 5) is 26.6. The SMILES string of the molecule is CCc1nc(CN2CCC(CNC(=O)Cc3cccnc3)CC2)c(C)[nH]1. The Morgan fingerprint density at radius 3 is 2.85 bits per heavy atom. The summed E-state index contributed by atoms with van der Waals surface area (Å²) in [5.74, 6) is 1.72. The van der Waals surface area contributed by atoms with Crippen LogP contribution in [0.4, 0.5) is 0 Å². The van der Waals surface area contributed by atoms with Gasteiger partial charge in [0.1, 0.15) is 5.82 Å². The molecule has 1 fully saturated rings. The Balaban J connectivity index is 1.38. The van der Waals surface area contributed by atoms with Crippen molar-refractivity contribution < 1.29 is 4.79 Å². The average molecular weight is 355 g/mol. The second kappa shape index (κ2) is 8.94. The number of H-pyrrole nitrogens is 1. The lowest BCUT2D eigenvalue weighted by Gasteiger charge is -2.31. The van der Waals surface area contributed by atoms with Gasteiger partial charge in [-0.15, -0.1) is 0 Å². The van der Waals surface area contributed by atoms with Crippen molar-refractivity contribution in [3.8, 4) is 0 Å². The van der Waals surface area contributed by atoms with E-state index in [2.05, 4.69) is 39.0 Å². The molecule has 2 aromatic heterocycles. The Hall–Kier alpha value is -2.21. The first-order chi connectivity index (χ1) is 12.6. The smallest absolute Gasteiger partial charge is 0.224 e. The van der Waals surface area contributed by atoms with Gasteiger partial charge in [-0.3, -0.25) is 14.7 Å². The molecule has 2 aromatic rings. The summed E-state index contributed by atoms with van der Waals surface area (Å²) in [6, 6.07) is 3.80. The van der Waals surface area contributed by atoms with Crippen molar-refractivity contribution in [2.24, 2.45) is 5.92 Å². The summed E-state index contributed by atoms with van der Waals surface area (Å²) >= 11 is 0. The maximum Gasteiger partial charge on any atom is 0.224 e. The summed E-state index contributed by atoms with van der Waals surface area (Å²) < 4.78 is 0. The van der Waals surface area contributed by atoms with Crippen LogP contribution in [-0.4, -0.2) is 45.4 Å². The van der Waals surface area contributed by atoms with Crippen LogP contribution in [0.25, 0.3) is 0 Å². The van der Waals surface area contributed by atoms with Crippen molar-refractivity contribution >= 4 is 5.91 Å². The number of aromatic amines is 1. The summed E-state index contributed by atoms with van der Waals surface area (Å²) in [6.45, 7) is 8.05. The molecular formula is C20H29N5O. The summed E-state index contributed by atoms with van der Waals surface area (Å²) in [5, 5.41) is 3.08. The zero-order chi connectivity index (χ0) is 18.4. The van der Waals surface area contributed by atoms with E-state index in [1.54, 1.807) is 12.4 Å². The van der Waals surface area contributed by atoms with Crippen molar-refractivity contribution in [2.45, 2.75) is 46.1 Å². The van der Waals surface area contributed by atoms with E-state index in [-0.39, 0.29) is 5.91 Å². The molecular weight excluding hydrogens is 326 g/mol. The fourth-order valence-corrected chi connectivity index (χ4v) is 3.45. The number of carbonyl (C=O) groups is 1. The number of nitrogens with one attached hydrogen (secondary N) is 2. The predicted octanol–water partition coefficient (Wildman–Crippen LogP) is 2.25. The Labute approximate surface area is 155 Å². The minimum atomic E-state index is 0.0830. The van der Waals surface area contributed by atoms with Gasteiger partial charge in [-0.05, 0) is 50.4 Å². The van der Waals surface area contributed by atoms with E-state index in [1.807, 2.05) is 12.1 Å². The van der Waals surface area contributed by atoms with Crippen molar-refractivity contribution in [1.82, 2.24) is 25.2 Å². The van der Waals surface area contributed by atoms with Gasteiger partial charge in [0, 0.05) is 37.6 Å². The molecule has 1 aliphatic rings. The lowest BCUT2D eigenvalue weighted by atomic mass is 9.96. The van der Waals surface area contributed by atoms with Gasteiger partial charge in [-0.2, -0.15) is 0 Å². The van der Waals surface area contributed by atoms with E-state index < -0.39 is 0 Å². The van der Waals surface area contributed by atoms with Gasteiger partial charge in [0.05, 0.1) is 12.1 Å². The van der Waals surface area contributed by atoms with Crippen LogP contribution in [0, 0.1) is 12.8 Å². The van der Waals surface area contributed by atoms with Gasteiger partial charge in [-0.25, -0.2) is 4.98 Å². The number of rotatable bonds is 7. The first kappa shape index (κ1) is 18.6. The third kappa shape index (κ3) is 5.14. The largest absolute Gasteiger partial charge is 0.356 e. The molecule has 26 heavy (non-hydrogen) atoms. The van der Waals surface area contributed by atoms with E-state index in [0.717, 1.165) is 56.8 Å². The van der Waals surface area contributed by atoms with Crippen LogP contribution in [-0.2, 0) is 24.2 Å². The predicted molar refractivity (Wildman–Crippen MR) is 102 cm³/mol. The molecule has 0 atom stereocenters. The molecule has 0 aliphatic carbocycles. The molecule has 3 heterocycles. The maximum absolute atomic E-state index is 12.1. The standard InChI is InChI=1S/C20H29N5O/c1-3-19-23-15(2)18(24-19)14-25-9-6-16(7-10-25)13-22-20(26)11-17-5-4-8-21-12-17/h4-5,8,12,16H,3,6-7,9-11,13-14H2,1-2H3,(H,22,26)(H,23,24). The molecule has 6 nitrogen and oxygen atoms in total. The third-order valence-electron chi connectivity index (χ3n) is 5.13. The highest BCUT2D eigenvalue weighted by atomic mass is 16.1. The number of hydrogen-bond donors (Lipinski definition) is 2. The molecule has 0 aromatic carbocycles. The van der Waals surface area contributed by atoms with Crippen LogP contribution < -0.4 is 5.32 Å². The quantitative estimate of drug-likeness (QED) is 0.799. The van der Waals surface area contributed by atoms with E-state index in [4.69, 9.17) is 0 Å². The van der Waals surface area contributed by atoms with Crippen molar-refractivity contribution in [3.63, 3.8) is 0 Å². The van der Waals surface area contributed by atoms with Gasteiger partial charge in [0.15, 0.2) is 0 Å². The van der Waals surface area contributed by atoms with Gasteiger partial charge < -0.3 is 10.3 Å². The zero-order valence-electron chi connectivity index (χ0n) is 15.8. The molecule has 3 rings (SSSR count). The zero-order valence-corrected chi connectivity index (χ0v) is 15.8. The average Bonchev–Trinajstić information content (AvgIpc) is 3.02. The number of amides is 1. The van der Waals surface area contributed by atoms with Crippen LogP contribution in [0.3, 0.4) is 0 Å². The number of aryl methyl sites for hydroxylation is 2. The second-order valence-corrected chi connectivity index (χ2v) is 7.17. The first-order valence-corrected chi connectivity index (χ1v) is 9.56. The Bertz CT molecular complexity index is 704. The topological polar surface area (TPSA) is 73.9 Å². The normalized spacial score (nSPS) is 15.9. The van der Waals surface area contributed by atoms with Crippen LogP contribution >= 0.6 is 0 Å². The summed E-state index contributed by atoms with van der Waals surface area (Å²) in [5.41, 5.74) is 3.32. The number of aromatic nitrogens is 3. The number of likely N-dealkylation sites (tertiary alicyclic amines) is 1. The van der Waals surface area contributed by atoms with E-state index >= 15 is 0 Å². The highest BCUT2D eigenvalue weighted by Crippen LogP contribution is 2.19. The number of pyridine rings is 1. The van der Waals surface area contributed by atoms with Gasteiger partial charge >= 0.3 is 0 Å². The Kier molecular flexibility index (Phi) is 6.39. The molecule has 140 valence electrons. The lowest BCUT2D eigenvalue weighted by Crippen LogP contribution is -2.38. The lowest BCUT2D eigenvalue weighted by molar-refractivity contribution is -0.120. The molecule has 0 bridgehead atoms. The number of imidazole rings is 1. The molecule has 1 amide bonds. The molecule has 1 aliphatic heterocycles. The highest BCUT2D eigenvalue weighted by molar-refractivity contribution is 5.78. The minimum absolute atomic E-state index is 0.0830. The minimum Gasteiger partial charge on any atom is -0.356 e.